The zero-order chi connectivity index (χ0) is 21.7. The second kappa shape index (κ2) is 9.20. The molecular weight excluding hydrogens is 382 g/mol. The largest absolute Gasteiger partial charge is 0.491 e. The Bertz CT molecular complexity index is 857. The summed E-state index contributed by atoms with van der Waals surface area (Å²) in [6.45, 7) is 5.95. The lowest BCUT2D eigenvalue weighted by Gasteiger charge is -2.32. The van der Waals surface area contributed by atoms with E-state index in [-0.39, 0.29) is 24.1 Å². The SMILES string of the molecule is COC(=O)c1ccc(OCC2CCC(c3ccccc3)N2C(=O)OC(C)(C)C)cc1. The first-order valence-corrected chi connectivity index (χ1v) is 10.2. The zero-order valence-electron chi connectivity index (χ0n) is 18.0. The van der Waals surface area contributed by atoms with Crippen LogP contribution >= 0.6 is 0 Å². The van der Waals surface area contributed by atoms with E-state index in [1.165, 1.54) is 7.11 Å². The van der Waals surface area contributed by atoms with Crippen molar-refractivity contribution >= 4 is 12.1 Å². The van der Waals surface area contributed by atoms with Crippen molar-refractivity contribution in [1.82, 2.24) is 4.90 Å². The lowest BCUT2D eigenvalue weighted by molar-refractivity contribution is 0.00992. The fourth-order valence-electron chi connectivity index (χ4n) is 3.64. The van der Waals surface area contributed by atoms with Gasteiger partial charge < -0.3 is 14.2 Å². The third-order valence-electron chi connectivity index (χ3n) is 5.01. The summed E-state index contributed by atoms with van der Waals surface area (Å²) < 4.78 is 16.4. The van der Waals surface area contributed by atoms with Crippen LogP contribution in [0, 0.1) is 0 Å². The third-order valence-corrected chi connectivity index (χ3v) is 5.01. The standard InChI is InChI=1S/C24H29NO5/c1-24(2,3)30-23(27)25-19(12-15-21(25)17-8-6-5-7-9-17)16-29-20-13-10-18(11-14-20)22(26)28-4/h5-11,13-14,19,21H,12,15-16H2,1-4H3. The van der Waals surface area contributed by atoms with Gasteiger partial charge in [-0.25, -0.2) is 9.59 Å². The van der Waals surface area contributed by atoms with Gasteiger partial charge in [0.1, 0.15) is 18.0 Å². The van der Waals surface area contributed by atoms with Crippen LogP contribution in [-0.4, -0.2) is 42.3 Å². The van der Waals surface area contributed by atoms with E-state index in [4.69, 9.17) is 14.2 Å². The zero-order valence-corrected chi connectivity index (χ0v) is 18.0. The molecule has 0 bridgehead atoms. The molecular formula is C24H29NO5. The number of likely N-dealkylation sites (tertiary alicyclic amines) is 1. The fourth-order valence-corrected chi connectivity index (χ4v) is 3.64. The van der Waals surface area contributed by atoms with Crippen molar-refractivity contribution in [2.24, 2.45) is 0 Å². The van der Waals surface area contributed by atoms with Crippen LogP contribution in [0.5, 0.6) is 5.75 Å². The molecule has 1 aliphatic rings. The molecule has 2 atom stereocenters. The number of methoxy groups -OCH3 is 1. The second-order valence-corrected chi connectivity index (χ2v) is 8.37. The molecule has 1 fully saturated rings. The summed E-state index contributed by atoms with van der Waals surface area (Å²) in [5.41, 5.74) is 0.981. The van der Waals surface area contributed by atoms with Gasteiger partial charge in [0.05, 0.1) is 24.8 Å². The van der Waals surface area contributed by atoms with E-state index in [2.05, 4.69) is 0 Å². The van der Waals surface area contributed by atoms with E-state index >= 15 is 0 Å². The predicted molar refractivity (Wildman–Crippen MR) is 114 cm³/mol. The highest BCUT2D eigenvalue weighted by molar-refractivity contribution is 5.89. The molecule has 1 amide bonds. The molecule has 2 unspecified atom stereocenters. The van der Waals surface area contributed by atoms with E-state index in [9.17, 15) is 9.59 Å². The number of hydrogen-bond donors (Lipinski definition) is 0. The molecule has 6 nitrogen and oxygen atoms in total. The lowest BCUT2D eigenvalue weighted by Crippen LogP contribution is -2.43. The van der Waals surface area contributed by atoms with Gasteiger partial charge in [0.2, 0.25) is 0 Å². The highest BCUT2D eigenvalue weighted by Crippen LogP contribution is 2.37. The Morgan fingerprint density at radius 1 is 1.00 bits per heavy atom. The number of esters is 1. The number of hydrogen-bond acceptors (Lipinski definition) is 5. The molecule has 2 aromatic carbocycles. The van der Waals surface area contributed by atoms with Crippen LogP contribution in [0.25, 0.3) is 0 Å². The number of nitrogens with zero attached hydrogens (tertiary/aromatic N) is 1. The fraction of sp³-hybridized carbons (Fsp3) is 0.417. The van der Waals surface area contributed by atoms with Gasteiger partial charge in [0.25, 0.3) is 0 Å². The topological polar surface area (TPSA) is 65.1 Å². The van der Waals surface area contributed by atoms with E-state index in [0.717, 1.165) is 18.4 Å². The van der Waals surface area contributed by atoms with Gasteiger partial charge in [-0.1, -0.05) is 30.3 Å². The van der Waals surface area contributed by atoms with Crippen molar-refractivity contribution in [2.75, 3.05) is 13.7 Å². The monoisotopic (exact) mass is 411 g/mol. The van der Waals surface area contributed by atoms with Gasteiger partial charge in [-0.3, -0.25) is 4.90 Å². The molecule has 160 valence electrons. The van der Waals surface area contributed by atoms with Gasteiger partial charge in [0.15, 0.2) is 0 Å². The Kier molecular flexibility index (Phi) is 6.65. The maximum Gasteiger partial charge on any atom is 0.411 e. The van der Waals surface area contributed by atoms with Gasteiger partial charge in [-0.15, -0.1) is 0 Å². The van der Waals surface area contributed by atoms with Crippen molar-refractivity contribution in [3.8, 4) is 5.75 Å². The Morgan fingerprint density at radius 2 is 1.67 bits per heavy atom. The van der Waals surface area contributed by atoms with E-state index < -0.39 is 5.60 Å². The van der Waals surface area contributed by atoms with Crippen LogP contribution in [-0.2, 0) is 9.47 Å². The summed E-state index contributed by atoms with van der Waals surface area (Å²) in [5.74, 6) is 0.245. The number of carbonyl (C=O) groups excluding carboxylic acids is 2. The molecule has 30 heavy (non-hydrogen) atoms. The summed E-state index contributed by atoms with van der Waals surface area (Å²) in [4.78, 5) is 26.4. The minimum absolute atomic E-state index is 0.0450. The minimum atomic E-state index is -0.573. The van der Waals surface area contributed by atoms with Crippen LogP contribution < -0.4 is 4.74 Å². The molecule has 1 saturated heterocycles. The maximum atomic E-state index is 13.0. The normalized spacial score (nSPS) is 18.7. The summed E-state index contributed by atoms with van der Waals surface area (Å²) in [7, 11) is 1.35. The van der Waals surface area contributed by atoms with E-state index in [1.54, 1.807) is 24.3 Å². The third kappa shape index (κ3) is 5.32. The van der Waals surface area contributed by atoms with Crippen molar-refractivity contribution in [2.45, 2.75) is 51.3 Å². The molecule has 0 aromatic heterocycles. The van der Waals surface area contributed by atoms with Crippen LogP contribution in [0.3, 0.4) is 0 Å². The summed E-state index contributed by atoms with van der Waals surface area (Å²) in [5, 5.41) is 0. The molecule has 0 spiro atoms. The highest BCUT2D eigenvalue weighted by Gasteiger charge is 2.40. The van der Waals surface area contributed by atoms with E-state index in [0.29, 0.717) is 17.9 Å². The quantitative estimate of drug-likeness (QED) is 0.649. The number of rotatable bonds is 5. The van der Waals surface area contributed by atoms with E-state index in [1.807, 2.05) is 56.0 Å². The van der Waals surface area contributed by atoms with Crippen molar-refractivity contribution < 1.29 is 23.8 Å². The first kappa shape index (κ1) is 21.7. The summed E-state index contributed by atoms with van der Waals surface area (Å²) in [6.07, 6.45) is 1.33. The number of benzene rings is 2. The molecule has 6 heteroatoms. The minimum Gasteiger partial charge on any atom is -0.491 e. The molecule has 0 radical (unpaired) electrons. The average Bonchev–Trinajstić information content (AvgIpc) is 3.15. The molecule has 1 aliphatic heterocycles. The molecule has 2 aromatic rings. The molecule has 0 aliphatic carbocycles. The number of amides is 1. The van der Waals surface area contributed by atoms with Crippen LogP contribution in [0.1, 0.15) is 55.6 Å². The van der Waals surface area contributed by atoms with Crippen LogP contribution in [0.15, 0.2) is 54.6 Å². The molecule has 1 heterocycles. The maximum absolute atomic E-state index is 13.0. The molecule has 0 saturated carbocycles. The highest BCUT2D eigenvalue weighted by atomic mass is 16.6. The Balaban J connectivity index is 1.73. The predicted octanol–water partition coefficient (Wildman–Crippen LogP) is 4.99. The van der Waals surface area contributed by atoms with Crippen molar-refractivity contribution in [3.63, 3.8) is 0 Å². The first-order valence-electron chi connectivity index (χ1n) is 10.2. The van der Waals surface area contributed by atoms with Crippen LogP contribution in [0.4, 0.5) is 4.79 Å². The lowest BCUT2D eigenvalue weighted by atomic mass is 10.1. The Morgan fingerprint density at radius 3 is 2.27 bits per heavy atom. The smallest absolute Gasteiger partial charge is 0.411 e. The van der Waals surface area contributed by atoms with Crippen LogP contribution in [0.2, 0.25) is 0 Å². The Hall–Kier alpha value is -3.02. The van der Waals surface area contributed by atoms with Gasteiger partial charge in [-0.2, -0.15) is 0 Å². The average molecular weight is 411 g/mol. The second-order valence-electron chi connectivity index (χ2n) is 8.37. The molecule has 0 N–H and O–H groups in total. The van der Waals surface area contributed by atoms with Gasteiger partial charge in [-0.05, 0) is 63.4 Å². The summed E-state index contributed by atoms with van der Waals surface area (Å²) >= 11 is 0. The molecule has 3 rings (SSSR count). The number of carbonyl (C=O) groups is 2. The van der Waals surface area contributed by atoms with Crippen molar-refractivity contribution in [3.05, 3.63) is 65.7 Å². The van der Waals surface area contributed by atoms with Gasteiger partial charge in [0, 0.05) is 0 Å². The van der Waals surface area contributed by atoms with Gasteiger partial charge >= 0.3 is 12.1 Å². The number of ether oxygens (including phenoxy) is 3. The Labute approximate surface area is 177 Å². The van der Waals surface area contributed by atoms with Crippen molar-refractivity contribution in [1.29, 1.82) is 0 Å². The summed E-state index contributed by atoms with van der Waals surface area (Å²) in [6, 6.07) is 16.6. The first-order chi connectivity index (χ1) is 14.3.